The minimum atomic E-state index is 0.0347. The lowest BCUT2D eigenvalue weighted by atomic mass is 10.2. The summed E-state index contributed by atoms with van der Waals surface area (Å²) in [4.78, 5) is 40.2. The van der Waals surface area contributed by atoms with Crippen LogP contribution in [0, 0.1) is 0 Å². The zero-order chi connectivity index (χ0) is 25.9. The Kier molecular flexibility index (Phi) is 13.3. The lowest BCUT2D eigenvalue weighted by Crippen LogP contribution is -1.77. The molecule has 0 heterocycles. The van der Waals surface area contributed by atoms with Gasteiger partial charge in [0.25, 0.3) is 0 Å². The Hall–Kier alpha value is -5.04. The summed E-state index contributed by atoms with van der Waals surface area (Å²) in [5.41, 5.74) is 2.13. The van der Waals surface area contributed by atoms with Gasteiger partial charge in [0.2, 0.25) is 0 Å². The van der Waals surface area contributed by atoms with E-state index in [2.05, 4.69) is 0 Å². The van der Waals surface area contributed by atoms with Crippen molar-refractivity contribution in [2.24, 2.45) is 0 Å². The second-order valence-electron chi connectivity index (χ2n) is 6.63. The molecule has 7 nitrogen and oxygen atoms in total. The molecule has 0 bridgehead atoms. The van der Waals surface area contributed by atoms with E-state index in [4.69, 9.17) is 15.3 Å². The third kappa shape index (κ3) is 12.0. The number of para-hydroxylation sites is 1. The summed E-state index contributed by atoms with van der Waals surface area (Å²) < 4.78 is 0. The maximum atomic E-state index is 10.1. The highest BCUT2D eigenvalue weighted by Crippen LogP contribution is 2.12. The Labute approximate surface area is 202 Å². The van der Waals surface area contributed by atoms with Gasteiger partial charge in [-0.2, -0.15) is 0 Å². The number of aldehydes is 4. The minimum absolute atomic E-state index is 0.0347. The summed E-state index contributed by atoms with van der Waals surface area (Å²) in [6, 6.07) is 27.8. The van der Waals surface area contributed by atoms with Crippen LogP contribution in [-0.2, 0) is 0 Å². The summed E-state index contributed by atoms with van der Waals surface area (Å²) in [5, 5.41) is 26.4. The smallest absolute Gasteiger partial charge is 0.153 e. The normalized spacial score (nSPS) is 8.80. The molecule has 178 valence electrons. The number of benzene rings is 4. The molecule has 0 radical (unpaired) electrons. The molecule has 0 aliphatic carbocycles. The van der Waals surface area contributed by atoms with E-state index in [1.165, 1.54) is 30.3 Å². The van der Waals surface area contributed by atoms with Crippen LogP contribution in [-0.4, -0.2) is 40.5 Å². The highest BCUT2D eigenvalue weighted by atomic mass is 16.3. The summed E-state index contributed by atoms with van der Waals surface area (Å²) in [5.74, 6) is 0.340. The maximum Gasteiger partial charge on any atom is 0.153 e. The van der Waals surface area contributed by atoms with E-state index in [0.29, 0.717) is 29.3 Å². The average Bonchev–Trinajstić information content (AvgIpc) is 2.91. The predicted octanol–water partition coefficient (Wildman–Crippen LogP) is 5.11. The van der Waals surface area contributed by atoms with E-state index in [-0.39, 0.29) is 17.2 Å². The molecule has 4 aromatic rings. The van der Waals surface area contributed by atoms with Gasteiger partial charge in [-0.3, -0.25) is 19.2 Å². The average molecular weight is 472 g/mol. The van der Waals surface area contributed by atoms with E-state index in [0.717, 1.165) is 18.1 Å². The fraction of sp³-hybridized carbons (Fsp3) is 0. The van der Waals surface area contributed by atoms with Crippen LogP contribution in [0.3, 0.4) is 0 Å². The van der Waals surface area contributed by atoms with Crippen LogP contribution in [0.1, 0.15) is 41.4 Å². The number of carbonyl (C=O) groups excluding carboxylic acids is 4. The van der Waals surface area contributed by atoms with Crippen molar-refractivity contribution in [3.63, 3.8) is 0 Å². The van der Waals surface area contributed by atoms with Crippen molar-refractivity contribution in [3.8, 4) is 17.2 Å². The second kappa shape index (κ2) is 16.6. The quantitative estimate of drug-likeness (QED) is 0.352. The summed E-state index contributed by atoms with van der Waals surface area (Å²) in [6.45, 7) is 0. The van der Waals surface area contributed by atoms with E-state index in [1.807, 2.05) is 18.2 Å². The summed E-state index contributed by atoms with van der Waals surface area (Å²) in [7, 11) is 0. The molecule has 7 heteroatoms. The second-order valence-corrected chi connectivity index (χ2v) is 6.63. The topological polar surface area (TPSA) is 129 Å². The molecule has 4 aromatic carbocycles. The van der Waals surface area contributed by atoms with Crippen molar-refractivity contribution in [1.82, 2.24) is 0 Å². The molecule has 35 heavy (non-hydrogen) atoms. The number of phenols is 3. The zero-order valence-corrected chi connectivity index (χ0v) is 18.6. The van der Waals surface area contributed by atoms with Crippen molar-refractivity contribution >= 4 is 25.1 Å². The van der Waals surface area contributed by atoms with Crippen LogP contribution in [0.4, 0.5) is 0 Å². The first-order chi connectivity index (χ1) is 16.9. The van der Waals surface area contributed by atoms with E-state index < -0.39 is 0 Å². The molecule has 0 unspecified atom stereocenters. The van der Waals surface area contributed by atoms with E-state index in [1.54, 1.807) is 54.6 Å². The maximum absolute atomic E-state index is 10.1. The SMILES string of the molecule is O=Cc1ccc(O)cc1.O=Cc1cccc(O)c1.O=Cc1ccccc1.O=Cc1ccccc1O. The van der Waals surface area contributed by atoms with Crippen LogP contribution < -0.4 is 0 Å². The van der Waals surface area contributed by atoms with Crippen LogP contribution in [0.25, 0.3) is 0 Å². The van der Waals surface area contributed by atoms with Crippen LogP contribution >= 0.6 is 0 Å². The minimum Gasteiger partial charge on any atom is -0.508 e. The van der Waals surface area contributed by atoms with Crippen LogP contribution in [0.2, 0.25) is 0 Å². The Morgan fingerprint density at radius 2 is 0.943 bits per heavy atom. The van der Waals surface area contributed by atoms with Crippen molar-refractivity contribution in [3.05, 3.63) is 125 Å². The molecule has 0 aliphatic heterocycles. The molecular weight excluding hydrogens is 448 g/mol. The van der Waals surface area contributed by atoms with Gasteiger partial charge < -0.3 is 15.3 Å². The summed E-state index contributed by atoms with van der Waals surface area (Å²) >= 11 is 0. The van der Waals surface area contributed by atoms with E-state index in [9.17, 15) is 19.2 Å². The predicted molar refractivity (Wildman–Crippen MR) is 132 cm³/mol. The van der Waals surface area contributed by atoms with Crippen LogP contribution in [0.15, 0.2) is 103 Å². The lowest BCUT2D eigenvalue weighted by molar-refractivity contribution is 0.111. The number of hydrogen-bond acceptors (Lipinski definition) is 7. The Morgan fingerprint density at radius 1 is 0.429 bits per heavy atom. The molecule has 0 amide bonds. The molecule has 0 fully saturated rings. The molecular formula is C28H24O7. The van der Waals surface area contributed by atoms with Gasteiger partial charge in [-0.25, -0.2) is 0 Å². The molecule has 4 rings (SSSR count). The number of aromatic hydroxyl groups is 3. The number of carbonyl (C=O) groups is 4. The summed E-state index contributed by atoms with van der Waals surface area (Å²) in [6.07, 6.45) is 2.88. The fourth-order valence-electron chi connectivity index (χ4n) is 2.27. The first kappa shape index (κ1) is 28.0. The third-order valence-corrected chi connectivity index (χ3v) is 4.03. The van der Waals surface area contributed by atoms with Crippen molar-refractivity contribution in [1.29, 1.82) is 0 Å². The monoisotopic (exact) mass is 472 g/mol. The Bertz CT molecular complexity index is 1190. The highest BCUT2D eigenvalue weighted by molar-refractivity contribution is 5.78. The van der Waals surface area contributed by atoms with Gasteiger partial charge in [-0.1, -0.05) is 54.6 Å². The first-order valence-corrected chi connectivity index (χ1v) is 10.1. The van der Waals surface area contributed by atoms with Gasteiger partial charge in [0.1, 0.15) is 36.1 Å². The molecule has 0 atom stereocenters. The Balaban J connectivity index is 0.000000234. The van der Waals surface area contributed by atoms with Crippen molar-refractivity contribution in [2.75, 3.05) is 0 Å². The van der Waals surface area contributed by atoms with Gasteiger partial charge in [0, 0.05) is 16.7 Å². The molecule has 0 aliphatic rings. The number of hydrogen-bond donors (Lipinski definition) is 3. The number of rotatable bonds is 4. The molecule has 0 spiro atoms. The fourth-order valence-corrected chi connectivity index (χ4v) is 2.27. The first-order valence-electron chi connectivity index (χ1n) is 10.1. The zero-order valence-electron chi connectivity index (χ0n) is 18.6. The molecule has 0 aromatic heterocycles. The van der Waals surface area contributed by atoms with Gasteiger partial charge in [-0.05, 0) is 48.5 Å². The molecule has 3 N–H and O–H groups in total. The molecule has 0 saturated carbocycles. The Morgan fingerprint density at radius 3 is 1.37 bits per heavy atom. The number of phenolic OH excluding ortho intramolecular Hbond substituents is 3. The largest absolute Gasteiger partial charge is 0.508 e. The third-order valence-electron chi connectivity index (χ3n) is 4.03. The van der Waals surface area contributed by atoms with Gasteiger partial charge in [0.15, 0.2) is 6.29 Å². The standard InChI is InChI=1S/3C7H6O2.C7H6O/c8-5-6-1-3-7(9)4-2-6;8-5-6-2-1-3-7(9)4-6;8-5-6-3-1-2-4-7(6)9;8-6-7-4-2-1-3-5-7/h3*1-5,9H;1-6H. The van der Waals surface area contributed by atoms with Gasteiger partial charge in [0.05, 0.1) is 5.56 Å². The van der Waals surface area contributed by atoms with Gasteiger partial charge >= 0.3 is 0 Å². The molecule has 0 saturated heterocycles. The highest BCUT2D eigenvalue weighted by Gasteiger charge is 1.93. The van der Waals surface area contributed by atoms with Crippen LogP contribution in [0.5, 0.6) is 17.2 Å². The van der Waals surface area contributed by atoms with E-state index >= 15 is 0 Å². The lowest BCUT2D eigenvalue weighted by Gasteiger charge is -1.91. The van der Waals surface area contributed by atoms with Crippen molar-refractivity contribution in [2.45, 2.75) is 0 Å². The van der Waals surface area contributed by atoms with Crippen molar-refractivity contribution < 1.29 is 34.5 Å². The van der Waals surface area contributed by atoms with Gasteiger partial charge in [-0.15, -0.1) is 0 Å².